The maximum Gasteiger partial charge on any atom is 0.329 e. The van der Waals surface area contributed by atoms with Crippen LogP contribution in [0.5, 0.6) is 0 Å². The van der Waals surface area contributed by atoms with Gasteiger partial charge in [-0.05, 0) is 31.8 Å². The third-order valence-electron chi connectivity index (χ3n) is 3.04. The van der Waals surface area contributed by atoms with Crippen molar-refractivity contribution in [3.05, 3.63) is 54.7 Å². The first-order chi connectivity index (χ1) is 9.90. The maximum atomic E-state index is 12.5. The van der Waals surface area contributed by atoms with Crippen molar-refractivity contribution in [3.8, 4) is 11.1 Å². The first kappa shape index (κ1) is 16.0. The molecule has 1 heterocycles. The van der Waals surface area contributed by atoms with Gasteiger partial charge in [-0.2, -0.15) is 0 Å². The molecule has 21 heavy (non-hydrogen) atoms. The molecule has 1 aromatic heterocycles. The van der Waals surface area contributed by atoms with Crippen molar-refractivity contribution in [2.75, 3.05) is 20.6 Å². The number of H-pyrrole nitrogens is 1. The number of benzene rings is 1. The third kappa shape index (κ3) is 3.64. The minimum atomic E-state index is -0.493. The fraction of sp³-hybridized carbons (Fsp3) is 0.286. The Morgan fingerprint density at radius 1 is 1.24 bits per heavy atom. The van der Waals surface area contributed by atoms with Crippen molar-refractivity contribution < 1.29 is 0 Å². The van der Waals surface area contributed by atoms with E-state index in [2.05, 4.69) is 20.9 Å². The molecule has 0 aliphatic carbocycles. The molecule has 1 aromatic carbocycles. The molecule has 2 aromatic rings. The molecule has 0 fully saturated rings. The van der Waals surface area contributed by atoms with Crippen molar-refractivity contribution in [2.24, 2.45) is 0 Å². The van der Waals surface area contributed by atoms with Crippen LogP contribution in [0.15, 0.2) is 38.3 Å². The molecule has 0 aliphatic heterocycles. The highest BCUT2D eigenvalue weighted by Gasteiger charge is 2.14. The van der Waals surface area contributed by atoms with Crippen molar-refractivity contribution in [3.63, 3.8) is 0 Å². The second-order valence-electron chi connectivity index (χ2n) is 4.89. The Bertz CT molecular complexity index is 750. The van der Waals surface area contributed by atoms with Crippen LogP contribution >= 0.6 is 27.5 Å². The number of hydrogen-bond acceptors (Lipinski definition) is 3. The molecule has 0 atom stereocenters. The van der Waals surface area contributed by atoms with E-state index in [1.165, 1.54) is 4.57 Å². The van der Waals surface area contributed by atoms with Gasteiger partial charge in [0.05, 0.1) is 5.56 Å². The lowest BCUT2D eigenvalue weighted by Gasteiger charge is -2.12. The van der Waals surface area contributed by atoms with Gasteiger partial charge in [0.25, 0.3) is 5.56 Å². The lowest BCUT2D eigenvalue weighted by molar-refractivity contribution is 0.376. The molecule has 7 heteroatoms. The van der Waals surface area contributed by atoms with Gasteiger partial charge in [-0.1, -0.05) is 39.7 Å². The summed E-state index contributed by atoms with van der Waals surface area (Å²) in [5.74, 6) is 0. The van der Waals surface area contributed by atoms with Gasteiger partial charge in [-0.3, -0.25) is 14.3 Å². The van der Waals surface area contributed by atoms with Crippen LogP contribution < -0.4 is 11.2 Å². The molecule has 0 amide bonds. The summed E-state index contributed by atoms with van der Waals surface area (Å²) in [6.45, 7) is 0.895. The van der Waals surface area contributed by atoms with Crippen molar-refractivity contribution in [2.45, 2.75) is 6.54 Å². The van der Waals surface area contributed by atoms with Gasteiger partial charge in [-0.15, -0.1) is 0 Å². The summed E-state index contributed by atoms with van der Waals surface area (Å²) >= 11 is 9.40. The zero-order valence-electron chi connectivity index (χ0n) is 11.7. The molecule has 0 unspecified atom stereocenters. The van der Waals surface area contributed by atoms with Gasteiger partial charge < -0.3 is 4.90 Å². The summed E-state index contributed by atoms with van der Waals surface area (Å²) in [6, 6.07) is 7.20. The molecule has 0 radical (unpaired) electrons. The SMILES string of the molecule is CN(C)CCn1c(=O)[nH]c(Cl)c(-c2ccc(Br)cc2)c1=O. The Kier molecular flexibility index (Phi) is 5.03. The summed E-state index contributed by atoms with van der Waals surface area (Å²) < 4.78 is 2.07. The minimum Gasteiger partial charge on any atom is -0.308 e. The van der Waals surface area contributed by atoms with Gasteiger partial charge in [0.15, 0.2) is 0 Å². The lowest BCUT2D eigenvalue weighted by atomic mass is 10.1. The van der Waals surface area contributed by atoms with Crippen molar-refractivity contribution in [1.82, 2.24) is 14.5 Å². The molecule has 0 saturated heterocycles. The molecule has 0 aliphatic rings. The van der Waals surface area contributed by atoms with E-state index in [-0.39, 0.29) is 10.7 Å². The normalized spacial score (nSPS) is 11.1. The number of nitrogens with one attached hydrogen (secondary N) is 1. The molecule has 5 nitrogen and oxygen atoms in total. The monoisotopic (exact) mass is 371 g/mol. The molecule has 1 N–H and O–H groups in total. The number of likely N-dealkylation sites (N-methyl/N-ethyl adjacent to an activating group) is 1. The zero-order chi connectivity index (χ0) is 15.6. The number of rotatable bonds is 4. The summed E-state index contributed by atoms with van der Waals surface area (Å²) in [4.78, 5) is 28.9. The molecular weight excluding hydrogens is 358 g/mol. The Hall–Kier alpha value is -1.37. The molecule has 112 valence electrons. The average molecular weight is 373 g/mol. The maximum absolute atomic E-state index is 12.5. The summed E-state index contributed by atoms with van der Waals surface area (Å²) in [7, 11) is 3.76. The Labute approximate surface area is 135 Å². The number of halogens is 2. The van der Waals surface area contributed by atoms with E-state index in [0.717, 1.165) is 4.47 Å². The second-order valence-corrected chi connectivity index (χ2v) is 6.18. The van der Waals surface area contributed by atoms with E-state index in [1.807, 2.05) is 31.1 Å². The zero-order valence-corrected chi connectivity index (χ0v) is 14.0. The van der Waals surface area contributed by atoms with Gasteiger partial charge in [0, 0.05) is 17.6 Å². The highest BCUT2D eigenvalue weighted by Crippen LogP contribution is 2.23. The Balaban J connectivity index is 2.56. The van der Waals surface area contributed by atoms with Crippen LogP contribution in [0.1, 0.15) is 0 Å². The van der Waals surface area contributed by atoms with E-state index >= 15 is 0 Å². The minimum absolute atomic E-state index is 0.0634. The largest absolute Gasteiger partial charge is 0.329 e. The molecule has 2 rings (SSSR count). The predicted octanol–water partition coefficient (Wildman–Crippen LogP) is 2.18. The number of aromatic nitrogens is 2. The van der Waals surface area contributed by atoms with Crippen LogP contribution in [0.4, 0.5) is 0 Å². The lowest BCUT2D eigenvalue weighted by Crippen LogP contribution is -2.38. The number of hydrogen-bond donors (Lipinski definition) is 1. The summed E-state index contributed by atoms with van der Waals surface area (Å²) in [5.41, 5.74) is 0.103. The fourth-order valence-corrected chi connectivity index (χ4v) is 2.45. The van der Waals surface area contributed by atoms with Crippen LogP contribution in [0.25, 0.3) is 11.1 Å². The number of nitrogens with zero attached hydrogens (tertiary/aromatic N) is 2. The van der Waals surface area contributed by atoms with E-state index in [0.29, 0.717) is 24.2 Å². The van der Waals surface area contributed by atoms with Gasteiger partial charge in [0.1, 0.15) is 5.15 Å². The fourth-order valence-electron chi connectivity index (χ4n) is 1.91. The first-order valence-electron chi connectivity index (χ1n) is 6.33. The van der Waals surface area contributed by atoms with Crippen molar-refractivity contribution >= 4 is 27.5 Å². The van der Waals surface area contributed by atoms with Gasteiger partial charge in [0.2, 0.25) is 0 Å². The standard InChI is InChI=1S/C14H15BrClN3O2/c1-18(2)7-8-19-13(20)11(12(16)17-14(19)21)9-3-5-10(15)6-4-9/h3-6H,7-8H2,1-2H3,(H,17,21). The highest BCUT2D eigenvalue weighted by molar-refractivity contribution is 9.10. The average Bonchev–Trinajstić information content (AvgIpc) is 2.40. The third-order valence-corrected chi connectivity index (χ3v) is 3.86. The molecule has 0 spiro atoms. The van der Waals surface area contributed by atoms with Crippen LogP contribution in [0, 0.1) is 0 Å². The summed E-state index contributed by atoms with van der Waals surface area (Å²) in [6.07, 6.45) is 0. The first-order valence-corrected chi connectivity index (χ1v) is 7.50. The van der Waals surface area contributed by atoms with Gasteiger partial charge >= 0.3 is 5.69 Å². The van der Waals surface area contributed by atoms with Crippen LogP contribution in [0.3, 0.4) is 0 Å². The Morgan fingerprint density at radius 3 is 2.43 bits per heavy atom. The predicted molar refractivity (Wildman–Crippen MR) is 88.0 cm³/mol. The second kappa shape index (κ2) is 6.60. The molecular formula is C14H15BrClN3O2. The Morgan fingerprint density at radius 2 is 1.86 bits per heavy atom. The van der Waals surface area contributed by atoms with E-state index in [9.17, 15) is 9.59 Å². The molecule has 0 bridgehead atoms. The quantitative estimate of drug-likeness (QED) is 0.837. The van der Waals surface area contributed by atoms with Crippen LogP contribution in [0.2, 0.25) is 5.15 Å². The van der Waals surface area contributed by atoms with E-state index in [1.54, 1.807) is 12.1 Å². The van der Waals surface area contributed by atoms with Crippen LogP contribution in [-0.2, 0) is 6.54 Å². The van der Waals surface area contributed by atoms with Crippen LogP contribution in [-0.4, -0.2) is 35.1 Å². The highest BCUT2D eigenvalue weighted by atomic mass is 79.9. The van der Waals surface area contributed by atoms with E-state index < -0.39 is 5.69 Å². The topological polar surface area (TPSA) is 58.1 Å². The smallest absolute Gasteiger partial charge is 0.308 e. The number of aromatic amines is 1. The van der Waals surface area contributed by atoms with E-state index in [4.69, 9.17) is 11.6 Å². The summed E-state index contributed by atoms with van der Waals surface area (Å²) in [5, 5.41) is 0.0634. The van der Waals surface area contributed by atoms with Gasteiger partial charge in [-0.25, -0.2) is 4.79 Å². The van der Waals surface area contributed by atoms with Crippen molar-refractivity contribution in [1.29, 1.82) is 0 Å². The molecule has 0 saturated carbocycles.